The van der Waals surface area contributed by atoms with Crippen molar-refractivity contribution < 1.29 is 31.4 Å². The van der Waals surface area contributed by atoms with Gasteiger partial charge in [-0.15, -0.1) is 0 Å². The Morgan fingerprint density at radius 2 is 1.40 bits per heavy atom. The van der Waals surface area contributed by atoms with Crippen LogP contribution in [-0.2, 0) is 18.4 Å². The fourth-order valence-corrected chi connectivity index (χ4v) is 2.19. The first-order chi connectivity index (χ1) is 9.00. The largest absolute Gasteiger partial charge is 0.430 e. The summed E-state index contributed by atoms with van der Waals surface area (Å²) < 4.78 is 77.2. The summed E-state index contributed by atoms with van der Waals surface area (Å²) in [6, 6.07) is 3.23. The van der Waals surface area contributed by atoms with Crippen molar-refractivity contribution >= 4 is 0 Å². The van der Waals surface area contributed by atoms with Crippen molar-refractivity contribution in [2.45, 2.75) is 44.6 Å². The minimum Gasteiger partial charge on any atom is -0.369 e. The lowest BCUT2D eigenvalue weighted by atomic mass is 9.84. The molecule has 0 aliphatic rings. The van der Waals surface area contributed by atoms with E-state index in [4.69, 9.17) is 0 Å². The van der Waals surface area contributed by atoms with Crippen LogP contribution in [0.15, 0.2) is 18.2 Å². The van der Waals surface area contributed by atoms with E-state index >= 15 is 0 Å². The molecule has 1 aromatic rings. The highest BCUT2D eigenvalue weighted by atomic mass is 19.4. The summed E-state index contributed by atoms with van der Waals surface area (Å²) in [5.74, 6) is 0. The maximum atomic E-state index is 12.9. The van der Waals surface area contributed by atoms with Crippen LogP contribution in [0, 0.1) is 0 Å². The van der Waals surface area contributed by atoms with Crippen molar-refractivity contribution in [3.63, 3.8) is 0 Å². The van der Waals surface area contributed by atoms with Gasteiger partial charge in [-0.2, -0.15) is 26.3 Å². The molecule has 20 heavy (non-hydrogen) atoms. The van der Waals surface area contributed by atoms with Gasteiger partial charge in [-0.05, 0) is 24.0 Å². The SMILES string of the molecule is CCc1cccc(C(O)(C(F)(F)F)C(F)(F)F)c1CC. The smallest absolute Gasteiger partial charge is 0.369 e. The molecule has 1 rings (SSSR count). The monoisotopic (exact) mass is 300 g/mol. The number of benzene rings is 1. The lowest BCUT2D eigenvalue weighted by Gasteiger charge is -2.34. The van der Waals surface area contributed by atoms with E-state index in [1.54, 1.807) is 6.92 Å². The van der Waals surface area contributed by atoms with E-state index in [0.717, 1.165) is 6.07 Å². The molecule has 0 spiro atoms. The average molecular weight is 300 g/mol. The highest BCUT2D eigenvalue weighted by Gasteiger charge is 2.71. The Bertz CT molecular complexity index is 461. The van der Waals surface area contributed by atoms with E-state index in [1.165, 1.54) is 13.0 Å². The van der Waals surface area contributed by atoms with Gasteiger partial charge in [-0.1, -0.05) is 32.0 Å². The van der Waals surface area contributed by atoms with Crippen LogP contribution in [0.25, 0.3) is 0 Å². The lowest BCUT2D eigenvalue weighted by molar-refractivity contribution is -0.376. The molecule has 0 heterocycles. The van der Waals surface area contributed by atoms with Gasteiger partial charge in [0.25, 0.3) is 5.60 Å². The van der Waals surface area contributed by atoms with E-state index in [1.807, 2.05) is 0 Å². The molecule has 0 saturated carbocycles. The maximum absolute atomic E-state index is 12.9. The average Bonchev–Trinajstić information content (AvgIpc) is 2.33. The predicted molar refractivity (Wildman–Crippen MR) is 61.2 cm³/mol. The van der Waals surface area contributed by atoms with Crippen LogP contribution in [0.1, 0.15) is 30.5 Å². The zero-order valence-corrected chi connectivity index (χ0v) is 10.9. The van der Waals surface area contributed by atoms with Gasteiger partial charge in [0.1, 0.15) is 0 Å². The topological polar surface area (TPSA) is 20.2 Å². The van der Waals surface area contributed by atoms with E-state index in [-0.39, 0.29) is 18.4 Å². The van der Waals surface area contributed by atoms with E-state index in [2.05, 4.69) is 0 Å². The molecule has 1 nitrogen and oxygen atoms in total. The molecule has 0 amide bonds. The minimum absolute atomic E-state index is 0.0339. The molecule has 0 radical (unpaired) electrons. The second-order valence-electron chi connectivity index (χ2n) is 4.36. The van der Waals surface area contributed by atoms with Crippen LogP contribution in [0.2, 0.25) is 0 Å². The highest BCUT2D eigenvalue weighted by Crippen LogP contribution is 2.51. The molecule has 0 atom stereocenters. The number of rotatable bonds is 3. The number of hydrogen-bond donors (Lipinski definition) is 1. The summed E-state index contributed by atoms with van der Waals surface area (Å²) >= 11 is 0. The molecule has 0 unspecified atom stereocenters. The maximum Gasteiger partial charge on any atom is 0.430 e. The van der Waals surface area contributed by atoms with Crippen molar-refractivity contribution in [1.82, 2.24) is 0 Å². The third-order valence-electron chi connectivity index (χ3n) is 3.22. The Morgan fingerprint density at radius 3 is 1.75 bits per heavy atom. The van der Waals surface area contributed by atoms with Crippen LogP contribution in [0.4, 0.5) is 26.3 Å². The number of aliphatic hydroxyl groups is 1. The molecule has 0 aliphatic carbocycles. The fourth-order valence-electron chi connectivity index (χ4n) is 2.19. The minimum atomic E-state index is -5.85. The third-order valence-corrected chi connectivity index (χ3v) is 3.22. The molecule has 0 fully saturated rings. The standard InChI is InChI=1S/C13H14F6O/c1-3-8-6-5-7-10(9(8)4-2)11(20,12(14,15)16)13(17,18)19/h5-7,20H,3-4H2,1-2H3. The molecular formula is C13H14F6O. The van der Waals surface area contributed by atoms with Gasteiger partial charge in [-0.25, -0.2) is 0 Å². The van der Waals surface area contributed by atoms with Gasteiger partial charge in [0.15, 0.2) is 0 Å². The van der Waals surface area contributed by atoms with Crippen molar-refractivity contribution in [3.8, 4) is 0 Å². The van der Waals surface area contributed by atoms with E-state index in [0.29, 0.717) is 11.6 Å². The van der Waals surface area contributed by atoms with Crippen LogP contribution < -0.4 is 0 Å². The molecule has 0 aliphatic heterocycles. The zero-order valence-electron chi connectivity index (χ0n) is 10.9. The van der Waals surface area contributed by atoms with Crippen molar-refractivity contribution in [3.05, 3.63) is 34.9 Å². The van der Waals surface area contributed by atoms with Crippen molar-refractivity contribution in [1.29, 1.82) is 0 Å². The summed E-state index contributed by atoms with van der Waals surface area (Å²) in [6.07, 6.45) is -11.4. The quantitative estimate of drug-likeness (QED) is 0.832. The first-order valence-electron chi connectivity index (χ1n) is 5.97. The second-order valence-corrected chi connectivity index (χ2v) is 4.36. The Kier molecular flexibility index (Phi) is 4.43. The molecular weight excluding hydrogens is 286 g/mol. The molecule has 7 heteroatoms. The predicted octanol–water partition coefficient (Wildman–Crippen LogP) is 4.12. The summed E-state index contributed by atoms with van der Waals surface area (Å²) in [5, 5.41) is 9.44. The second kappa shape index (κ2) is 5.27. The molecule has 0 bridgehead atoms. The Balaban J connectivity index is 3.68. The zero-order chi connectivity index (χ0) is 15.8. The number of alkyl halides is 6. The Labute approximate surface area is 112 Å². The molecule has 1 N–H and O–H groups in total. The molecule has 0 aromatic heterocycles. The summed E-state index contributed by atoms with van der Waals surface area (Å²) in [6.45, 7) is 3.07. The van der Waals surface area contributed by atoms with E-state index in [9.17, 15) is 31.4 Å². The van der Waals surface area contributed by atoms with Gasteiger partial charge in [0.2, 0.25) is 0 Å². The van der Waals surface area contributed by atoms with Crippen LogP contribution in [0.3, 0.4) is 0 Å². The lowest BCUT2D eigenvalue weighted by Crippen LogP contribution is -2.54. The molecule has 0 saturated heterocycles. The van der Waals surface area contributed by atoms with Gasteiger partial charge in [0, 0.05) is 5.56 Å². The van der Waals surface area contributed by atoms with Gasteiger partial charge >= 0.3 is 12.4 Å². The third kappa shape index (κ3) is 2.51. The normalized spacial score (nSPS) is 13.7. The highest BCUT2D eigenvalue weighted by molar-refractivity contribution is 5.41. The van der Waals surface area contributed by atoms with Crippen molar-refractivity contribution in [2.24, 2.45) is 0 Å². The van der Waals surface area contributed by atoms with Crippen LogP contribution in [-0.4, -0.2) is 17.5 Å². The Morgan fingerprint density at radius 1 is 0.900 bits per heavy atom. The number of halogens is 6. The fraction of sp³-hybridized carbons (Fsp3) is 0.538. The first kappa shape index (κ1) is 16.8. The number of hydrogen-bond acceptors (Lipinski definition) is 1. The van der Waals surface area contributed by atoms with Gasteiger partial charge in [-0.3, -0.25) is 0 Å². The summed E-state index contributed by atoms with van der Waals surface area (Å²) in [4.78, 5) is 0. The summed E-state index contributed by atoms with van der Waals surface area (Å²) in [5.41, 5.74) is -5.75. The van der Waals surface area contributed by atoms with Crippen LogP contribution in [0.5, 0.6) is 0 Å². The number of aryl methyl sites for hydroxylation is 1. The van der Waals surface area contributed by atoms with Crippen molar-refractivity contribution in [2.75, 3.05) is 0 Å². The molecule has 1 aromatic carbocycles. The van der Waals surface area contributed by atoms with Gasteiger partial charge in [0.05, 0.1) is 0 Å². The van der Waals surface area contributed by atoms with Gasteiger partial charge < -0.3 is 5.11 Å². The molecule has 114 valence electrons. The summed E-state index contributed by atoms with van der Waals surface area (Å²) in [7, 11) is 0. The Hall–Kier alpha value is -1.24. The van der Waals surface area contributed by atoms with Crippen LogP contribution >= 0.6 is 0 Å². The van der Waals surface area contributed by atoms with E-state index < -0.39 is 23.5 Å². The first-order valence-corrected chi connectivity index (χ1v) is 5.97.